The Labute approximate surface area is 160 Å². The van der Waals surface area contributed by atoms with Gasteiger partial charge in [0.15, 0.2) is 5.11 Å². The standard InChI is InChI=1S/C19H15ClFN3OS/c20-16-10-14(6-8-17(16)21)18-9-7-15(25-18)12-23-24-19(26)22-11-13-4-2-1-3-5-13/h1-10,12H,11H2,(H2,22,24,26)/b23-12-. The van der Waals surface area contributed by atoms with E-state index < -0.39 is 5.82 Å². The van der Waals surface area contributed by atoms with E-state index in [9.17, 15) is 4.39 Å². The van der Waals surface area contributed by atoms with Crippen molar-refractivity contribution in [2.24, 2.45) is 5.10 Å². The molecular formula is C19H15ClFN3OS. The van der Waals surface area contributed by atoms with Gasteiger partial charge in [-0.25, -0.2) is 4.39 Å². The number of thiocarbonyl (C=S) groups is 1. The Balaban J connectivity index is 1.53. The Morgan fingerprint density at radius 1 is 1.15 bits per heavy atom. The number of hydrogen-bond acceptors (Lipinski definition) is 3. The van der Waals surface area contributed by atoms with Gasteiger partial charge in [0.2, 0.25) is 0 Å². The van der Waals surface area contributed by atoms with E-state index in [1.54, 1.807) is 18.2 Å². The van der Waals surface area contributed by atoms with E-state index in [1.165, 1.54) is 18.3 Å². The molecule has 0 bridgehead atoms. The van der Waals surface area contributed by atoms with Crippen LogP contribution in [-0.2, 0) is 6.54 Å². The van der Waals surface area contributed by atoms with Crippen LogP contribution in [0, 0.1) is 5.82 Å². The topological polar surface area (TPSA) is 49.6 Å². The van der Waals surface area contributed by atoms with Crippen molar-refractivity contribution in [1.82, 2.24) is 10.7 Å². The molecule has 7 heteroatoms. The minimum Gasteiger partial charge on any atom is -0.455 e. The highest BCUT2D eigenvalue weighted by molar-refractivity contribution is 7.80. The van der Waals surface area contributed by atoms with Gasteiger partial charge in [0.05, 0.1) is 11.2 Å². The lowest BCUT2D eigenvalue weighted by atomic mass is 10.2. The summed E-state index contributed by atoms with van der Waals surface area (Å²) >= 11 is 10.9. The lowest BCUT2D eigenvalue weighted by molar-refractivity contribution is 0.574. The highest BCUT2D eigenvalue weighted by Gasteiger charge is 2.07. The Kier molecular flexibility index (Phi) is 5.99. The van der Waals surface area contributed by atoms with Gasteiger partial charge in [-0.3, -0.25) is 5.43 Å². The van der Waals surface area contributed by atoms with Gasteiger partial charge in [-0.1, -0.05) is 41.9 Å². The molecule has 0 spiro atoms. The lowest BCUT2D eigenvalue weighted by Gasteiger charge is -2.06. The quantitative estimate of drug-likeness (QED) is 0.377. The monoisotopic (exact) mass is 387 g/mol. The maximum absolute atomic E-state index is 13.2. The molecule has 26 heavy (non-hydrogen) atoms. The van der Waals surface area contributed by atoms with Crippen molar-refractivity contribution < 1.29 is 8.81 Å². The predicted molar refractivity (Wildman–Crippen MR) is 106 cm³/mol. The minimum absolute atomic E-state index is 0.0469. The smallest absolute Gasteiger partial charge is 0.187 e. The summed E-state index contributed by atoms with van der Waals surface area (Å²) in [6.07, 6.45) is 1.51. The summed E-state index contributed by atoms with van der Waals surface area (Å²) < 4.78 is 18.9. The van der Waals surface area contributed by atoms with Crippen LogP contribution in [0.2, 0.25) is 5.02 Å². The average Bonchev–Trinajstić information content (AvgIpc) is 3.12. The fourth-order valence-electron chi connectivity index (χ4n) is 2.20. The van der Waals surface area contributed by atoms with E-state index in [0.29, 0.717) is 28.7 Å². The summed E-state index contributed by atoms with van der Waals surface area (Å²) in [6, 6.07) is 17.8. The zero-order valence-corrected chi connectivity index (χ0v) is 15.2. The third kappa shape index (κ3) is 4.91. The zero-order valence-electron chi connectivity index (χ0n) is 13.6. The van der Waals surface area contributed by atoms with Crippen LogP contribution in [0.4, 0.5) is 4.39 Å². The highest BCUT2D eigenvalue weighted by Crippen LogP contribution is 2.26. The van der Waals surface area contributed by atoms with Crippen molar-refractivity contribution in [3.63, 3.8) is 0 Å². The lowest BCUT2D eigenvalue weighted by Crippen LogP contribution is -2.31. The van der Waals surface area contributed by atoms with Crippen molar-refractivity contribution in [3.05, 3.63) is 82.8 Å². The second kappa shape index (κ2) is 8.60. The number of nitrogens with one attached hydrogen (secondary N) is 2. The minimum atomic E-state index is -0.468. The fraction of sp³-hybridized carbons (Fsp3) is 0.0526. The van der Waals surface area contributed by atoms with Crippen molar-refractivity contribution in [2.45, 2.75) is 6.54 Å². The molecule has 2 aromatic carbocycles. The molecule has 3 aromatic rings. The Morgan fingerprint density at radius 3 is 2.73 bits per heavy atom. The summed E-state index contributed by atoms with van der Waals surface area (Å²) in [7, 11) is 0. The summed E-state index contributed by atoms with van der Waals surface area (Å²) in [5, 5.41) is 7.54. The van der Waals surface area contributed by atoms with E-state index in [4.69, 9.17) is 28.2 Å². The van der Waals surface area contributed by atoms with Gasteiger partial charge in [0, 0.05) is 12.1 Å². The molecule has 0 atom stereocenters. The molecule has 0 saturated heterocycles. The first kappa shape index (κ1) is 18.1. The van der Waals surface area contributed by atoms with E-state index in [-0.39, 0.29) is 5.02 Å². The number of nitrogens with zero attached hydrogens (tertiary/aromatic N) is 1. The molecule has 0 aliphatic carbocycles. The first-order valence-electron chi connectivity index (χ1n) is 7.78. The van der Waals surface area contributed by atoms with Crippen LogP contribution in [0.25, 0.3) is 11.3 Å². The number of hydrogen-bond donors (Lipinski definition) is 2. The third-order valence-corrected chi connectivity index (χ3v) is 4.01. The number of hydrazone groups is 1. The zero-order chi connectivity index (χ0) is 18.4. The van der Waals surface area contributed by atoms with Crippen molar-refractivity contribution in [3.8, 4) is 11.3 Å². The molecule has 1 heterocycles. The molecule has 2 N–H and O–H groups in total. The molecule has 0 aliphatic heterocycles. The number of halogens is 2. The molecule has 1 aromatic heterocycles. The summed E-state index contributed by atoms with van der Waals surface area (Å²) in [4.78, 5) is 0. The normalized spacial score (nSPS) is 10.8. The highest BCUT2D eigenvalue weighted by atomic mass is 35.5. The van der Waals surface area contributed by atoms with Crippen LogP contribution >= 0.6 is 23.8 Å². The fourth-order valence-corrected chi connectivity index (χ4v) is 2.50. The number of rotatable bonds is 5. The van der Waals surface area contributed by atoms with Crippen molar-refractivity contribution >= 4 is 35.1 Å². The first-order valence-corrected chi connectivity index (χ1v) is 8.56. The molecule has 0 amide bonds. The average molecular weight is 388 g/mol. The van der Waals surface area contributed by atoms with E-state index in [0.717, 1.165) is 5.56 Å². The molecule has 132 valence electrons. The van der Waals surface area contributed by atoms with Crippen LogP contribution < -0.4 is 10.7 Å². The Hall–Kier alpha value is -2.70. The molecule has 0 saturated carbocycles. The molecule has 0 fully saturated rings. The van der Waals surface area contributed by atoms with Gasteiger partial charge in [-0.2, -0.15) is 5.10 Å². The summed E-state index contributed by atoms with van der Waals surface area (Å²) in [6.45, 7) is 0.610. The van der Waals surface area contributed by atoms with Gasteiger partial charge in [-0.05, 0) is 48.1 Å². The van der Waals surface area contributed by atoms with Gasteiger partial charge < -0.3 is 9.73 Å². The van der Waals surface area contributed by atoms with E-state index in [2.05, 4.69) is 15.8 Å². The SMILES string of the molecule is Fc1ccc(-c2ccc(/C=N\NC(=S)NCc3ccccc3)o2)cc1Cl. The molecule has 0 unspecified atom stereocenters. The molecule has 0 aliphatic rings. The maximum Gasteiger partial charge on any atom is 0.187 e. The molecular weight excluding hydrogens is 373 g/mol. The van der Waals surface area contributed by atoms with Gasteiger partial charge in [-0.15, -0.1) is 0 Å². The van der Waals surface area contributed by atoms with Gasteiger partial charge in [0.25, 0.3) is 0 Å². The van der Waals surface area contributed by atoms with Crippen molar-refractivity contribution in [1.29, 1.82) is 0 Å². The third-order valence-electron chi connectivity index (χ3n) is 3.48. The van der Waals surface area contributed by atoms with Gasteiger partial charge >= 0.3 is 0 Å². The van der Waals surface area contributed by atoms with Crippen LogP contribution in [0.3, 0.4) is 0 Å². The van der Waals surface area contributed by atoms with E-state index in [1.807, 2.05) is 30.3 Å². The number of furan rings is 1. The molecule has 3 rings (SSSR count). The van der Waals surface area contributed by atoms with Crippen LogP contribution in [0.15, 0.2) is 70.2 Å². The largest absolute Gasteiger partial charge is 0.455 e. The Morgan fingerprint density at radius 2 is 1.96 bits per heavy atom. The molecule has 0 radical (unpaired) electrons. The summed E-state index contributed by atoms with van der Waals surface area (Å²) in [5.74, 6) is 0.626. The molecule has 4 nitrogen and oxygen atoms in total. The van der Waals surface area contributed by atoms with E-state index >= 15 is 0 Å². The van der Waals surface area contributed by atoms with Crippen LogP contribution in [0.1, 0.15) is 11.3 Å². The summed E-state index contributed by atoms with van der Waals surface area (Å²) in [5.41, 5.74) is 4.53. The maximum atomic E-state index is 13.2. The number of benzene rings is 2. The predicted octanol–water partition coefficient (Wildman–Crippen LogP) is 4.74. The second-order valence-corrected chi connectivity index (χ2v) is 6.18. The van der Waals surface area contributed by atoms with Gasteiger partial charge in [0.1, 0.15) is 17.3 Å². The van der Waals surface area contributed by atoms with Crippen LogP contribution in [-0.4, -0.2) is 11.3 Å². The second-order valence-electron chi connectivity index (χ2n) is 5.37. The Bertz CT molecular complexity index is 928. The van der Waals surface area contributed by atoms with Crippen molar-refractivity contribution in [2.75, 3.05) is 0 Å². The first-order chi connectivity index (χ1) is 12.6. The van der Waals surface area contributed by atoms with Crippen LogP contribution in [0.5, 0.6) is 0 Å².